The Balaban J connectivity index is 4.22. The number of unbranched alkanes of at least 4 members (excludes halogenated alkanes) is 38. The Labute approximate surface area is 387 Å². The van der Waals surface area contributed by atoms with Crippen LogP contribution < -0.4 is 0 Å². The standard InChI is InChI=1S/C56H108O6/c1-5-7-9-11-13-15-17-18-19-20-21-22-25-28-32-35-39-43-47-54(57)60-50-53(62-56(59)49-45-41-37-31-16-14-12-10-8-6-2)51-61-55(58)48-44-40-36-33-29-26-23-24-27-30-34-38-42-46-52(3)4/h52-53H,5-51H2,1-4H3/t53-/m0/s1. The second-order valence-electron chi connectivity index (χ2n) is 19.7. The first-order valence-electron chi connectivity index (χ1n) is 27.9. The number of hydrogen-bond acceptors (Lipinski definition) is 6. The van der Waals surface area contributed by atoms with Crippen LogP contribution in [0.2, 0.25) is 0 Å². The first kappa shape index (κ1) is 60.4. The average Bonchev–Trinajstić information content (AvgIpc) is 3.26. The van der Waals surface area contributed by atoms with Gasteiger partial charge in [-0.15, -0.1) is 0 Å². The van der Waals surface area contributed by atoms with Crippen molar-refractivity contribution < 1.29 is 28.6 Å². The predicted octanol–water partition coefficient (Wildman–Crippen LogP) is 18.2. The average molecular weight is 877 g/mol. The zero-order valence-corrected chi connectivity index (χ0v) is 42.3. The van der Waals surface area contributed by atoms with E-state index in [0.29, 0.717) is 19.3 Å². The Kier molecular flexibility index (Phi) is 49.1. The molecule has 6 nitrogen and oxygen atoms in total. The van der Waals surface area contributed by atoms with E-state index in [-0.39, 0.29) is 31.1 Å². The summed E-state index contributed by atoms with van der Waals surface area (Å²) >= 11 is 0. The van der Waals surface area contributed by atoms with Gasteiger partial charge < -0.3 is 14.2 Å². The molecule has 0 radical (unpaired) electrons. The van der Waals surface area contributed by atoms with Crippen LogP contribution in [0.15, 0.2) is 0 Å². The second-order valence-corrected chi connectivity index (χ2v) is 19.7. The van der Waals surface area contributed by atoms with Crippen molar-refractivity contribution in [1.29, 1.82) is 0 Å². The number of hydrogen-bond donors (Lipinski definition) is 0. The minimum Gasteiger partial charge on any atom is -0.462 e. The van der Waals surface area contributed by atoms with Gasteiger partial charge in [0.1, 0.15) is 13.2 Å². The highest BCUT2D eigenvalue weighted by Gasteiger charge is 2.19. The van der Waals surface area contributed by atoms with Crippen molar-refractivity contribution in [1.82, 2.24) is 0 Å². The molecule has 0 saturated carbocycles. The van der Waals surface area contributed by atoms with E-state index in [0.717, 1.165) is 63.7 Å². The monoisotopic (exact) mass is 877 g/mol. The molecule has 0 saturated heterocycles. The Bertz CT molecular complexity index is 933. The summed E-state index contributed by atoms with van der Waals surface area (Å²) in [6.07, 6.45) is 53.8. The van der Waals surface area contributed by atoms with Gasteiger partial charge in [0, 0.05) is 19.3 Å². The van der Waals surface area contributed by atoms with Crippen molar-refractivity contribution >= 4 is 17.9 Å². The third-order valence-electron chi connectivity index (χ3n) is 12.8. The molecule has 0 rings (SSSR count). The van der Waals surface area contributed by atoms with Crippen LogP contribution in [0.3, 0.4) is 0 Å². The van der Waals surface area contributed by atoms with Gasteiger partial charge in [-0.2, -0.15) is 0 Å². The van der Waals surface area contributed by atoms with Gasteiger partial charge >= 0.3 is 17.9 Å². The molecule has 0 aromatic carbocycles. The summed E-state index contributed by atoms with van der Waals surface area (Å²) in [4.78, 5) is 38.0. The van der Waals surface area contributed by atoms with E-state index in [1.807, 2.05) is 0 Å². The maximum absolute atomic E-state index is 12.8. The van der Waals surface area contributed by atoms with Crippen molar-refractivity contribution in [2.45, 2.75) is 323 Å². The molecule has 0 aromatic heterocycles. The van der Waals surface area contributed by atoms with E-state index >= 15 is 0 Å². The molecule has 0 spiro atoms. The first-order chi connectivity index (χ1) is 30.4. The van der Waals surface area contributed by atoms with E-state index in [9.17, 15) is 14.4 Å². The van der Waals surface area contributed by atoms with Crippen molar-refractivity contribution in [3.8, 4) is 0 Å². The third-order valence-corrected chi connectivity index (χ3v) is 12.8. The molecule has 0 bridgehead atoms. The minimum absolute atomic E-state index is 0.0623. The SMILES string of the molecule is CCCCCCCCCCCCCCCCCCCCC(=O)OC[C@@H](COC(=O)CCCCCCCCCCCCCCCC(C)C)OC(=O)CCCCCCCCCCCC. The van der Waals surface area contributed by atoms with Gasteiger partial charge in [0.2, 0.25) is 0 Å². The molecular formula is C56H108O6. The van der Waals surface area contributed by atoms with Gasteiger partial charge in [-0.1, -0.05) is 278 Å². The Morgan fingerprint density at radius 1 is 0.306 bits per heavy atom. The molecule has 368 valence electrons. The van der Waals surface area contributed by atoms with Crippen molar-refractivity contribution in [3.05, 3.63) is 0 Å². The summed E-state index contributed by atoms with van der Waals surface area (Å²) in [7, 11) is 0. The fourth-order valence-corrected chi connectivity index (χ4v) is 8.57. The third kappa shape index (κ3) is 49.4. The van der Waals surface area contributed by atoms with E-state index in [1.54, 1.807) is 0 Å². The van der Waals surface area contributed by atoms with Crippen LogP contribution in [0.1, 0.15) is 317 Å². The molecule has 0 fully saturated rings. The van der Waals surface area contributed by atoms with Crippen LogP contribution in [-0.2, 0) is 28.6 Å². The summed E-state index contributed by atoms with van der Waals surface area (Å²) in [5, 5.41) is 0. The zero-order valence-electron chi connectivity index (χ0n) is 42.3. The maximum atomic E-state index is 12.8. The van der Waals surface area contributed by atoms with Crippen LogP contribution >= 0.6 is 0 Å². The van der Waals surface area contributed by atoms with Gasteiger partial charge in [0.25, 0.3) is 0 Å². The quantitative estimate of drug-likeness (QED) is 0.0344. The van der Waals surface area contributed by atoms with E-state index < -0.39 is 6.10 Å². The van der Waals surface area contributed by atoms with Crippen molar-refractivity contribution in [3.63, 3.8) is 0 Å². The Morgan fingerprint density at radius 3 is 0.790 bits per heavy atom. The molecule has 0 N–H and O–H groups in total. The summed E-state index contributed by atoms with van der Waals surface area (Å²) in [6, 6.07) is 0. The van der Waals surface area contributed by atoms with Gasteiger partial charge in [0.15, 0.2) is 6.10 Å². The van der Waals surface area contributed by atoms with Crippen LogP contribution in [0.25, 0.3) is 0 Å². The lowest BCUT2D eigenvalue weighted by atomic mass is 10.0. The first-order valence-corrected chi connectivity index (χ1v) is 27.9. The van der Waals surface area contributed by atoms with Gasteiger partial charge in [-0.05, 0) is 25.2 Å². The van der Waals surface area contributed by atoms with Crippen LogP contribution in [-0.4, -0.2) is 37.2 Å². The highest BCUT2D eigenvalue weighted by molar-refractivity contribution is 5.71. The topological polar surface area (TPSA) is 78.9 Å². The summed E-state index contributed by atoms with van der Waals surface area (Å²) in [5.41, 5.74) is 0. The molecule has 1 atom stereocenters. The normalized spacial score (nSPS) is 12.0. The number of carbonyl (C=O) groups is 3. The molecular weight excluding hydrogens is 769 g/mol. The molecule has 6 heteroatoms. The molecule has 0 heterocycles. The van der Waals surface area contributed by atoms with E-state index in [1.165, 1.54) is 212 Å². The molecule has 0 aliphatic heterocycles. The number of esters is 3. The fraction of sp³-hybridized carbons (Fsp3) is 0.946. The van der Waals surface area contributed by atoms with E-state index in [4.69, 9.17) is 14.2 Å². The van der Waals surface area contributed by atoms with Crippen molar-refractivity contribution in [2.24, 2.45) is 5.92 Å². The molecule has 0 aliphatic rings. The van der Waals surface area contributed by atoms with Gasteiger partial charge in [-0.25, -0.2) is 0 Å². The number of ether oxygens (including phenoxy) is 3. The molecule has 0 amide bonds. The molecule has 62 heavy (non-hydrogen) atoms. The second kappa shape index (κ2) is 50.4. The summed E-state index contributed by atoms with van der Waals surface area (Å²) in [6.45, 7) is 9.04. The zero-order chi connectivity index (χ0) is 45.2. The molecule has 0 unspecified atom stereocenters. The van der Waals surface area contributed by atoms with Gasteiger partial charge in [-0.3, -0.25) is 14.4 Å². The van der Waals surface area contributed by atoms with Crippen LogP contribution in [0.4, 0.5) is 0 Å². The maximum Gasteiger partial charge on any atom is 0.306 e. The summed E-state index contributed by atoms with van der Waals surface area (Å²) < 4.78 is 16.8. The highest BCUT2D eigenvalue weighted by Crippen LogP contribution is 2.18. The Morgan fingerprint density at radius 2 is 0.532 bits per heavy atom. The lowest BCUT2D eigenvalue weighted by Gasteiger charge is -2.18. The van der Waals surface area contributed by atoms with Gasteiger partial charge in [0.05, 0.1) is 0 Å². The molecule has 0 aromatic rings. The van der Waals surface area contributed by atoms with Crippen molar-refractivity contribution in [2.75, 3.05) is 13.2 Å². The van der Waals surface area contributed by atoms with Crippen LogP contribution in [0, 0.1) is 5.92 Å². The lowest BCUT2D eigenvalue weighted by Crippen LogP contribution is -2.30. The Hall–Kier alpha value is -1.59. The smallest absolute Gasteiger partial charge is 0.306 e. The molecule has 0 aliphatic carbocycles. The fourth-order valence-electron chi connectivity index (χ4n) is 8.57. The minimum atomic E-state index is -0.760. The predicted molar refractivity (Wildman–Crippen MR) is 266 cm³/mol. The lowest BCUT2D eigenvalue weighted by molar-refractivity contribution is -0.167. The number of carbonyl (C=O) groups excluding carboxylic acids is 3. The largest absolute Gasteiger partial charge is 0.462 e. The number of rotatable bonds is 51. The summed E-state index contributed by atoms with van der Waals surface area (Å²) in [5.74, 6) is -0.000782. The van der Waals surface area contributed by atoms with E-state index in [2.05, 4.69) is 27.7 Å². The van der Waals surface area contributed by atoms with Crippen LogP contribution in [0.5, 0.6) is 0 Å². The highest BCUT2D eigenvalue weighted by atomic mass is 16.6.